The summed E-state index contributed by atoms with van der Waals surface area (Å²) in [6.07, 6.45) is 4.50. The quantitative estimate of drug-likeness (QED) is 0.613. The number of rotatable bonds is 3. The third kappa shape index (κ3) is 4.18. The molecule has 2 aromatic carbocycles. The zero-order valence-electron chi connectivity index (χ0n) is 10.7. The normalized spacial score (nSPS) is 12.0. The van der Waals surface area contributed by atoms with E-state index in [0.29, 0.717) is 11.1 Å². The Morgan fingerprint density at radius 1 is 0.579 bits per heavy atom. The van der Waals surface area contributed by atoms with E-state index in [9.17, 15) is 9.59 Å². The van der Waals surface area contributed by atoms with Crippen molar-refractivity contribution in [1.82, 2.24) is 0 Å². The van der Waals surface area contributed by atoms with E-state index < -0.39 is 11.6 Å². The third-order valence-electron chi connectivity index (χ3n) is 2.63. The highest BCUT2D eigenvalue weighted by molar-refractivity contribution is 6.49. The SMILES string of the molecule is C1CC1.O=C(C(=O)c1ccccc1)c1ccccc1. The van der Waals surface area contributed by atoms with Crippen LogP contribution in [-0.2, 0) is 0 Å². The summed E-state index contributed by atoms with van der Waals surface area (Å²) in [4.78, 5) is 23.6. The maximum absolute atomic E-state index is 11.8. The summed E-state index contributed by atoms with van der Waals surface area (Å²) in [5, 5.41) is 0. The van der Waals surface area contributed by atoms with Gasteiger partial charge in [0.1, 0.15) is 0 Å². The van der Waals surface area contributed by atoms with Gasteiger partial charge in [0.2, 0.25) is 11.6 Å². The van der Waals surface area contributed by atoms with Crippen molar-refractivity contribution in [3.8, 4) is 0 Å². The molecule has 0 heterocycles. The van der Waals surface area contributed by atoms with E-state index in [2.05, 4.69) is 0 Å². The molecule has 2 heteroatoms. The van der Waals surface area contributed by atoms with Crippen molar-refractivity contribution in [1.29, 1.82) is 0 Å². The number of hydrogen-bond donors (Lipinski definition) is 0. The molecule has 0 N–H and O–H groups in total. The molecule has 19 heavy (non-hydrogen) atoms. The van der Waals surface area contributed by atoms with Gasteiger partial charge in [0.05, 0.1) is 0 Å². The van der Waals surface area contributed by atoms with Crippen molar-refractivity contribution >= 4 is 11.6 Å². The maximum atomic E-state index is 11.8. The Bertz CT molecular complexity index is 490. The zero-order chi connectivity index (χ0) is 13.5. The monoisotopic (exact) mass is 252 g/mol. The van der Waals surface area contributed by atoms with Gasteiger partial charge in [-0.05, 0) is 0 Å². The minimum absolute atomic E-state index is 0.427. The molecule has 96 valence electrons. The smallest absolute Gasteiger partial charge is 0.233 e. The average Bonchev–Trinajstić information content (AvgIpc) is 3.36. The van der Waals surface area contributed by atoms with Crippen LogP contribution in [0.25, 0.3) is 0 Å². The van der Waals surface area contributed by atoms with Gasteiger partial charge in [-0.25, -0.2) is 0 Å². The molecule has 0 spiro atoms. The van der Waals surface area contributed by atoms with Crippen molar-refractivity contribution in [3.63, 3.8) is 0 Å². The van der Waals surface area contributed by atoms with Crippen LogP contribution in [0.4, 0.5) is 0 Å². The van der Waals surface area contributed by atoms with Crippen LogP contribution in [0, 0.1) is 0 Å². The standard InChI is InChI=1S/C14H10O2.C3H6/c15-13(11-7-3-1-4-8-11)14(16)12-9-5-2-6-10-12;1-2-3-1/h1-10H;1-3H2. The lowest BCUT2D eigenvalue weighted by atomic mass is 10.0. The number of ketones is 2. The van der Waals surface area contributed by atoms with Crippen LogP contribution in [-0.4, -0.2) is 11.6 Å². The lowest BCUT2D eigenvalue weighted by Gasteiger charge is -1.99. The Balaban J connectivity index is 0.000000390. The highest BCUT2D eigenvalue weighted by atomic mass is 16.2. The van der Waals surface area contributed by atoms with Gasteiger partial charge in [0.15, 0.2) is 0 Å². The molecule has 3 rings (SSSR count). The molecule has 2 nitrogen and oxygen atoms in total. The van der Waals surface area contributed by atoms with Crippen LogP contribution in [0.5, 0.6) is 0 Å². The Morgan fingerprint density at radius 3 is 1.16 bits per heavy atom. The zero-order valence-corrected chi connectivity index (χ0v) is 10.7. The molecule has 1 aliphatic rings. The highest BCUT2D eigenvalue weighted by Gasteiger charge is 2.16. The minimum Gasteiger partial charge on any atom is -0.285 e. The van der Waals surface area contributed by atoms with Gasteiger partial charge >= 0.3 is 0 Å². The van der Waals surface area contributed by atoms with E-state index in [-0.39, 0.29) is 0 Å². The summed E-state index contributed by atoms with van der Waals surface area (Å²) in [6, 6.07) is 17.2. The molecule has 0 radical (unpaired) electrons. The van der Waals surface area contributed by atoms with Crippen LogP contribution < -0.4 is 0 Å². The molecule has 0 unspecified atom stereocenters. The molecule has 1 saturated carbocycles. The lowest BCUT2D eigenvalue weighted by Crippen LogP contribution is -2.14. The number of Topliss-reactive ketones (excluding diaryl/α,β-unsaturated/α-hetero) is 2. The summed E-state index contributed by atoms with van der Waals surface area (Å²) in [6.45, 7) is 0. The topological polar surface area (TPSA) is 34.1 Å². The van der Waals surface area contributed by atoms with E-state index in [1.807, 2.05) is 12.1 Å². The van der Waals surface area contributed by atoms with Gasteiger partial charge in [-0.15, -0.1) is 0 Å². The van der Waals surface area contributed by atoms with Crippen molar-refractivity contribution in [2.45, 2.75) is 19.3 Å². The average molecular weight is 252 g/mol. The molecule has 0 atom stereocenters. The van der Waals surface area contributed by atoms with Crippen LogP contribution in [0.15, 0.2) is 60.7 Å². The van der Waals surface area contributed by atoms with Gasteiger partial charge in [0, 0.05) is 11.1 Å². The number of carbonyl (C=O) groups is 2. The van der Waals surface area contributed by atoms with E-state index in [1.165, 1.54) is 19.3 Å². The fourth-order valence-corrected chi connectivity index (χ4v) is 1.44. The minimum atomic E-state index is -0.466. The highest BCUT2D eigenvalue weighted by Crippen LogP contribution is 2.14. The predicted molar refractivity (Wildman–Crippen MR) is 75.4 cm³/mol. The summed E-state index contributed by atoms with van der Waals surface area (Å²) in [5.74, 6) is -0.932. The molecule has 0 saturated heterocycles. The van der Waals surface area contributed by atoms with E-state index >= 15 is 0 Å². The summed E-state index contributed by atoms with van der Waals surface area (Å²) in [5.41, 5.74) is 0.854. The largest absolute Gasteiger partial charge is 0.285 e. The molecule has 0 amide bonds. The van der Waals surface area contributed by atoms with Crippen LogP contribution in [0.2, 0.25) is 0 Å². The first kappa shape index (κ1) is 13.2. The predicted octanol–water partition coefficient (Wildman–Crippen LogP) is 3.92. The molecular formula is C17H16O2. The molecule has 0 bridgehead atoms. The third-order valence-corrected chi connectivity index (χ3v) is 2.63. The molecular weight excluding hydrogens is 236 g/mol. The summed E-state index contributed by atoms with van der Waals surface area (Å²) >= 11 is 0. The first-order chi connectivity index (χ1) is 9.29. The van der Waals surface area contributed by atoms with Gasteiger partial charge < -0.3 is 0 Å². The molecule has 1 aliphatic carbocycles. The lowest BCUT2D eigenvalue weighted by molar-refractivity contribution is 0.0817. The maximum Gasteiger partial charge on any atom is 0.233 e. The van der Waals surface area contributed by atoms with Crippen molar-refractivity contribution in [2.24, 2.45) is 0 Å². The van der Waals surface area contributed by atoms with Crippen LogP contribution in [0.3, 0.4) is 0 Å². The summed E-state index contributed by atoms with van der Waals surface area (Å²) < 4.78 is 0. The second-order valence-corrected chi connectivity index (χ2v) is 4.45. The fourth-order valence-electron chi connectivity index (χ4n) is 1.44. The van der Waals surface area contributed by atoms with E-state index in [4.69, 9.17) is 0 Å². The van der Waals surface area contributed by atoms with E-state index in [1.54, 1.807) is 48.5 Å². The van der Waals surface area contributed by atoms with Gasteiger partial charge in [0.25, 0.3) is 0 Å². The Hall–Kier alpha value is -2.22. The number of carbonyl (C=O) groups excluding carboxylic acids is 2. The Kier molecular flexibility index (Phi) is 4.62. The Labute approximate surface area is 113 Å². The molecule has 1 fully saturated rings. The second-order valence-electron chi connectivity index (χ2n) is 4.45. The van der Waals surface area contributed by atoms with E-state index in [0.717, 1.165) is 0 Å². The van der Waals surface area contributed by atoms with Crippen molar-refractivity contribution in [2.75, 3.05) is 0 Å². The Morgan fingerprint density at radius 2 is 0.895 bits per heavy atom. The fraction of sp³-hybridized carbons (Fsp3) is 0.176. The van der Waals surface area contributed by atoms with Gasteiger partial charge in [-0.2, -0.15) is 0 Å². The summed E-state index contributed by atoms with van der Waals surface area (Å²) in [7, 11) is 0. The first-order valence-electron chi connectivity index (χ1n) is 6.48. The molecule has 0 aliphatic heterocycles. The number of hydrogen-bond acceptors (Lipinski definition) is 2. The van der Waals surface area contributed by atoms with Crippen LogP contribution >= 0.6 is 0 Å². The number of benzene rings is 2. The second kappa shape index (κ2) is 6.64. The van der Waals surface area contributed by atoms with Crippen molar-refractivity contribution < 1.29 is 9.59 Å². The van der Waals surface area contributed by atoms with Gasteiger partial charge in [-0.3, -0.25) is 9.59 Å². The van der Waals surface area contributed by atoms with Crippen molar-refractivity contribution in [3.05, 3.63) is 71.8 Å². The molecule has 0 aromatic heterocycles. The first-order valence-corrected chi connectivity index (χ1v) is 6.48. The molecule has 2 aromatic rings. The van der Waals surface area contributed by atoms with Gasteiger partial charge in [-0.1, -0.05) is 79.9 Å². The van der Waals surface area contributed by atoms with Crippen LogP contribution in [0.1, 0.15) is 40.0 Å².